The van der Waals surface area contributed by atoms with Gasteiger partial charge in [-0.05, 0) is 86.5 Å². The van der Waals surface area contributed by atoms with Crippen LogP contribution in [0.5, 0.6) is 0 Å². The van der Waals surface area contributed by atoms with Gasteiger partial charge in [-0.15, -0.1) is 0 Å². The van der Waals surface area contributed by atoms with Crippen LogP contribution < -0.4 is 10.2 Å². The minimum absolute atomic E-state index is 0. The third kappa shape index (κ3) is 13.5. The number of carbonyl (C=O) groups excluding carboxylic acids is 1. The van der Waals surface area contributed by atoms with Crippen LogP contribution in [0.4, 0.5) is 4.79 Å². The molecule has 0 atom stereocenters. The number of hydrogen-bond donors (Lipinski definition) is 0. The molecule has 8 heteroatoms. The molecule has 0 N–H and O–H groups in total. The minimum Gasteiger partial charge on any atom is -0.652 e. The molecule has 0 aliphatic heterocycles. The average Bonchev–Trinajstić information content (AvgIpc) is 2.50. The summed E-state index contributed by atoms with van der Waals surface area (Å²) < 4.78 is 0. The Morgan fingerprint density at radius 3 is 1.10 bits per heavy atom. The molecule has 162 valence electrons. The SMILES string of the molecule is CC(C)(C)OOC(C)(C)c1ccccc1C(C)(C)OOC(C)(C)C.O=C([O-])[O-].[Ca+2]. The van der Waals surface area contributed by atoms with E-state index in [2.05, 4.69) is 0 Å². The van der Waals surface area contributed by atoms with Crippen LogP contribution in [0.1, 0.15) is 80.4 Å². The van der Waals surface area contributed by atoms with Crippen LogP contribution in [0.25, 0.3) is 0 Å². The molecule has 1 rings (SSSR count). The number of rotatable bonds is 6. The molecule has 0 unspecified atom stereocenters. The second kappa shape index (κ2) is 11.8. The van der Waals surface area contributed by atoms with E-state index in [1.54, 1.807) is 0 Å². The number of carboxylic acid groups (broad SMARTS) is 2. The summed E-state index contributed by atoms with van der Waals surface area (Å²) in [6.45, 7) is 19.7. The zero-order chi connectivity index (χ0) is 22.4. The third-order valence-electron chi connectivity index (χ3n) is 3.22. The molecule has 29 heavy (non-hydrogen) atoms. The molecule has 0 heterocycles. The summed E-state index contributed by atoms with van der Waals surface area (Å²) in [7, 11) is 0. The van der Waals surface area contributed by atoms with Gasteiger partial charge in [0.1, 0.15) is 11.2 Å². The predicted molar refractivity (Wildman–Crippen MR) is 107 cm³/mol. The topological polar surface area (TPSA) is 100 Å². The van der Waals surface area contributed by atoms with Crippen LogP contribution in [0, 0.1) is 0 Å². The van der Waals surface area contributed by atoms with Gasteiger partial charge in [-0.2, -0.15) is 0 Å². The number of carbonyl (C=O) groups is 1. The Kier molecular flexibility index (Phi) is 12.6. The van der Waals surface area contributed by atoms with Crippen LogP contribution in [0.15, 0.2) is 24.3 Å². The van der Waals surface area contributed by atoms with Crippen LogP contribution in [-0.2, 0) is 30.8 Å². The van der Waals surface area contributed by atoms with Crippen LogP contribution in [-0.4, -0.2) is 55.1 Å². The molecule has 0 amide bonds. The number of benzene rings is 1. The Hall–Kier alpha value is -0.410. The maximum atomic E-state index is 8.33. The monoisotopic (exact) mass is 438 g/mol. The second-order valence-electron chi connectivity index (χ2n) is 9.37. The maximum Gasteiger partial charge on any atom is 2.00 e. The Morgan fingerprint density at radius 1 is 0.655 bits per heavy atom. The zero-order valence-corrected chi connectivity index (χ0v) is 21.6. The fourth-order valence-corrected chi connectivity index (χ4v) is 2.08. The van der Waals surface area contributed by atoms with Gasteiger partial charge < -0.3 is 15.0 Å². The van der Waals surface area contributed by atoms with Crippen molar-refractivity contribution in [2.24, 2.45) is 0 Å². The molecule has 0 aliphatic rings. The van der Waals surface area contributed by atoms with Gasteiger partial charge in [-0.3, -0.25) is 0 Å². The molecular formula is C21H34CaO7. The van der Waals surface area contributed by atoms with Gasteiger partial charge in [-0.1, -0.05) is 24.3 Å². The largest absolute Gasteiger partial charge is 2.00 e. The molecule has 7 nitrogen and oxygen atoms in total. The van der Waals surface area contributed by atoms with E-state index in [0.29, 0.717) is 0 Å². The molecule has 1 aromatic rings. The summed E-state index contributed by atoms with van der Waals surface area (Å²) in [5.74, 6) is 0. The van der Waals surface area contributed by atoms with E-state index in [-0.39, 0.29) is 48.9 Å². The first-order chi connectivity index (χ1) is 12.4. The predicted octanol–water partition coefficient (Wildman–Crippen LogP) is 2.82. The first-order valence-corrected chi connectivity index (χ1v) is 9.09. The Morgan fingerprint density at radius 2 is 0.897 bits per heavy atom. The van der Waals surface area contributed by atoms with E-state index < -0.39 is 17.4 Å². The van der Waals surface area contributed by atoms with Gasteiger partial charge in [0.25, 0.3) is 0 Å². The smallest absolute Gasteiger partial charge is 0.652 e. The standard InChI is InChI=1S/C20H34O4.CH2O3.Ca/c1-17(2,3)21-23-19(7,8)15-13-11-12-14-16(15)20(9,10)24-22-18(4,5)6;2-1(3)4;/h11-14H,1-10H3;(H2,2,3,4);/q;;+2/p-2. The minimum atomic E-state index is -2.33. The molecular weight excluding hydrogens is 404 g/mol. The van der Waals surface area contributed by atoms with Gasteiger partial charge in [0.2, 0.25) is 0 Å². The van der Waals surface area contributed by atoms with Crippen molar-refractivity contribution >= 4 is 43.9 Å². The van der Waals surface area contributed by atoms with Gasteiger partial charge >= 0.3 is 37.7 Å². The molecule has 0 radical (unpaired) electrons. The fraction of sp³-hybridized carbons (Fsp3) is 0.667. The maximum absolute atomic E-state index is 8.33. The average molecular weight is 439 g/mol. The van der Waals surface area contributed by atoms with E-state index >= 15 is 0 Å². The third-order valence-corrected chi connectivity index (χ3v) is 3.22. The molecule has 0 aliphatic carbocycles. The van der Waals surface area contributed by atoms with E-state index in [9.17, 15) is 0 Å². The van der Waals surface area contributed by atoms with Crippen LogP contribution in [0.2, 0.25) is 0 Å². The summed E-state index contributed by atoms with van der Waals surface area (Å²) in [5.41, 5.74) is -0.0341. The van der Waals surface area contributed by atoms with Crippen molar-refractivity contribution in [3.63, 3.8) is 0 Å². The van der Waals surface area contributed by atoms with Crippen molar-refractivity contribution in [3.8, 4) is 0 Å². The van der Waals surface area contributed by atoms with Gasteiger partial charge in [-0.25, -0.2) is 19.6 Å². The van der Waals surface area contributed by atoms with E-state index in [1.165, 1.54) is 0 Å². The van der Waals surface area contributed by atoms with Gasteiger partial charge in [0, 0.05) is 0 Å². The Labute approximate surface area is 204 Å². The summed E-state index contributed by atoms with van der Waals surface area (Å²) >= 11 is 0. The molecule has 0 bridgehead atoms. The second-order valence-corrected chi connectivity index (χ2v) is 9.37. The van der Waals surface area contributed by atoms with Crippen LogP contribution >= 0.6 is 0 Å². The molecule has 0 spiro atoms. The number of hydrogen-bond acceptors (Lipinski definition) is 7. The van der Waals surface area contributed by atoms with Gasteiger partial charge in [0.15, 0.2) is 0 Å². The van der Waals surface area contributed by atoms with Crippen molar-refractivity contribution in [1.82, 2.24) is 0 Å². The molecule has 0 saturated heterocycles. The van der Waals surface area contributed by atoms with Crippen molar-refractivity contribution in [3.05, 3.63) is 35.4 Å². The molecule has 0 aromatic heterocycles. The fourth-order valence-electron chi connectivity index (χ4n) is 2.08. The zero-order valence-electron chi connectivity index (χ0n) is 19.4. The van der Waals surface area contributed by atoms with Crippen molar-refractivity contribution < 1.29 is 34.6 Å². The van der Waals surface area contributed by atoms with E-state index in [1.807, 2.05) is 93.5 Å². The van der Waals surface area contributed by atoms with Crippen molar-refractivity contribution in [1.29, 1.82) is 0 Å². The first kappa shape index (κ1) is 30.8. The molecule has 0 saturated carbocycles. The van der Waals surface area contributed by atoms with Crippen LogP contribution in [0.3, 0.4) is 0 Å². The Bertz CT molecular complexity index is 576. The Balaban J connectivity index is 0. The molecule has 1 aromatic carbocycles. The normalized spacial score (nSPS) is 12.5. The summed E-state index contributed by atoms with van der Waals surface area (Å²) in [5, 5.41) is 16.7. The quantitative estimate of drug-likeness (QED) is 0.382. The van der Waals surface area contributed by atoms with Gasteiger partial charge in [0.05, 0.1) is 11.2 Å². The summed E-state index contributed by atoms with van der Waals surface area (Å²) in [6, 6.07) is 8.04. The summed E-state index contributed by atoms with van der Waals surface area (Å²) in [4.78, 5) is 31.0. The first-order valence-electron chi connectivity index (χ1n) is 9.09. The van der Waals surface area contributed by atoms with E-state index in [0.717, 1.165) is 11.1 Å². The van der Waals surface area contributed by atoms with E-state index in [4.69, 9.17) is 34.6 Å². The summed E-state index contributed by atoms with van der Waals surface area (Å²) in [6.07, 6.45) is -2.33. The van der Waals surface area contributed by atoms with Crippen molar-refractivity contribution in [2.45, 2.75) is 91.6 Å². The molecule has 0 fully saturated rings. The van der Waals surface area contributed by atoms with Crippen molar-refractivity contribution in [2.75, 3.05) is 0 Å².